The van der Waals surface area contributed by atoms with Gasteiger partial charge in [0.05, 0.1) is 11.7 Å². The number of aryl methyl sites for hydroxylation is 1. The molecule has 0 spiro atoms. The van der Waals surface area contributed by atoms with Crippen molar-refractivity contribution >= 4 is 0 Å². The van der Waals surface area contributed by atoms with Gasteiger partial charge in [-0.15, -0.1) is 0 Å². The molecular formula is C19H21F4NO. The number of aliphatic hydroxyl groups is 1. The molecule has 0 aliphatic rings. The molecule has 2 aromatic rings. The van der Waals surface area contributed by atoms with Crippen LogP contribution in [0.4, 0.5) is 17.6 Å². The second-order valence-electron chi connectivity index (χ2n) is 6.24. The maximum absolute atomic E-state index is 13.5. The third-order valence-electron chi connectivity index (χ3n) is 4.04. The van der Waals surface area contributed by atoms with Crippen LogP contribution in [0.25, 0.3) is 0 Å². The normalized spacial score (nSPS) is 14.4. The molecular weight excluding hydrogens is 334 g/mol. The predicted octanol–water partition coefficient (Wildman–Crippen LogP) is 4.41. The summed E-state index contributed by atoms with van der Waals surface area (Å²) >= 11 is 0. The molecule has 2 atom stereocenters. The van der Waals surface area contributed by atoms with Gasteiger partial charge in [0.15, 0.2) is 0 Å². The Kier molecular flexibility index (Phi) is 6.19. The maximum atomic E-state index is 13.5. The lowest BCUT2D eigenvalue weighted by Gasteiger charge is -2.18. The highest BCUT2D eigenvalue weighted by molar-refractivity contribution is 5.27. The van der Waals surface area contributed by atoms with E-state index in [1.165, 1.54) is 18.2 Å². The lowest BCUT2D eigenvalue weighted by atomic mass is 10.0. The van der Waals surface area contributed by atoms with Gasteiger partial charge in [0.2, 0.25) is 0 Å². The van der Waals surface area contributed by atoms with E-state index in [9.17, 15) is 22.7 Å². The molecule has 2 unspecified atom stereocenters. The van der Waals surface area contributed by atoms with Gasteiger partial charge in [-0.1, -0.05) is 24.3 Å². The number of benzene rings is 2. The van der Waals surface area contributed by atoms with Crippen molar-refractivity contribution in [3.63, 3.8) is 0 Å². The number of halogens is 4. The predicted molar refractivity (Wildman–Crippen MR) is 88.7 cm³/mol. The molecule has 0 aromatic heterocycles. The molecule has 136 valence electrons. The van der Waals surface area contributed by atoms with Crippen molar-refractivity contribution in [3.8, 4) is 0 Å². The van der Waals surface area contributed by atoms with Crippen LogP contribution in [0, 0.1) is 12.7 Å². The van der Waals surface area contributed by atoms with E-state index in [0.717, 1.165) is 17.7 Å². The van der Waals surface area contributed by atoms with Crippen LogP contribution < -0.4 is 5.32 Å². The number of hydrogen-bond acceptors (Lipinski definition) is 2. The van der Waals surface area contributed by atoms with E-state index in [-0.39, 0.29) is 24.0 Å². The minimum Gasteiger partial charge on any atom is -0.387 e. The fourth-order valence-corrected chi connectivity index (χ4v) is 2.54. The van der Waals surface area contributed by atoms with Crippen LogP contribution in [-0.2, 0) is 12.6 Å². The third-order valence-corrected chi connectivity index (χ3v) is 4.04. The number of rotatable bonds is 6. The summed E-state index contributed by atoms with van der Waals surface area (Å²) in [5.74, 6) is -0.270. The van der Waals surface area contributed by atoms with Crippen molar-refractivity contribution in [1.82, 2.24) is 5.32 Å². The zero-order valence-electron chi connectivity index (χ0n) is 14.1. The second kappa shape index (κ2) is 7.97. The first-order chi connectivity index (χ1) is 11.7. The molecule has 0 aliphatic heterocycles. The van der Waals surface area contributed by atoms with E-state index in [0.29, 0.717) is 12.0 Å². The molecule has 25 heavy (non-hydrogen) atoms. The van der Waals surface area contributed by atoms with Gasteiger partial charge >= 0.3 is 6.18 Å². The van der Waals surface area contributed by atoms with Crippen molar-refractivity contribution in [2.45, 2.75) is 38.6 Å². The van der Waals surface area contributed by atoms with Gasteiger partial charge in [-0.25, -0.2) is 4.39 Å². The van der Waals surface area contributed by atoms with Gasteiger partial charge < -0.3 is 10.4 Å². The van der Waals surface area contributed by atoms with Gasteiger partial charge in [0.1, 0.15) is 5.82 Å². The summed E-state index contributed by atoms with van der Waals surface area (Å²) in [6.45, 7) is 3.67. The van der Waals surface area contributed by atoms with Crippen LogP contribution in [0.1, 0.15) is 35.3 Å². The molecule has 0 saturated carbocycles. The summed E-state index contributed by atoms with van der Waals surface area (Å²) in [6, 6.07) is 9.60. The van der Waals surface area contributed by atoms with E-state index in [1.807, 2.05) is 13.0 Å². The minimum absolute atomic E-state index is 0.0671. The topological polar surface area (TPSA) is 32.3 Å². The molecule has 0 fully saturated rings. The summed E-state index contributed by atoms with van der Waals surface area (Å²) in [6.07, 6.45) is -4.95. The summed E-state index contributed by atoms with van der Waals surface area (Å²) in [5, 5.41) is 13.2. The van der Waals surface area contributed by atoms with Crippen LogP contribution in [0.2, 0.25) is 0 Å². The standard InChI is InChI=1S/C19H21F4NO/c1-12-6-7-14(9-17(12)20)8-13(2)24-11-18(25)15-4-3-5-16(10-15)19(21,22)23/h3-7,9-10,13,18,24-25H,8,11H2,1-2H3. The first-order valence-corrected chi connectivity index (χ1v) is 8.00. The Morgan fingerprint density at radius 3 is 2.48 bits per heavy atom. The molecule has 0 saturated heterocycles. The highest BCUT2D eigenvalue weighted by atomic mass is 19.4. The maximum Gasteiger partial charge on any atom is 0.416 e. The van der Waals surface area contributed by atoms with Gasteiger partial charge in [-0.05, 0) is 55.2 Å². The number of hydrogen-bond donors (Lipinski definition) is 2. The van der Waals surface area contributed by atoms with E-state index < -0.39 is 17.8 Å². The summed E-state index contributed by atoms with van der Waals surface area (Å²) in [4.78, 5) is 0. The molecule has 2 rings (SSSR count). The Balaban J connectivity index is 1.92. The van der Waals surface area contributed by atoms with E-state index >= 15 is 0 Å². The van der Waals surface area contributed by atoms with Crippen molar-refractivity contribution in [2.24, 2.45) is 0 Å². The van der Waals surface area contributed by atoms with Crippen molar-refractivity contribution < 1.29 is 22.7 Å². The molecule has 2 nitrogen and oxygen atoms in total. The molecule has 0 radical (unpaired) electrons. The summed E-state index contributed by atoms with van der Waals surface area (Å²) in [7, 11) is 0. The first kappa shape index (κ1) is 19.4. The lowest BCUT2D eigenvalue weighted by Crippen LogP contribution is -2.32. The van der Waals surface area contributed by atoms with E-state index in [1.54, 1.807) is 13.0 Å². The third kappa shape index (κ3) is 5.54. The fourth-order valence-electron chi connectivity index (χ4n) is 2.54. The second-order valence-corrected chi connectivity index (χ2v) is 6.24. The smallest absolute Gasteiger partial charge is 0.387 e. The zero-order chi connectivity index (χ0) is 18.6. The highest BCUT2D eigenvalue weighted by Gasteiger charge is 2.30. The van der Waals surface area contributed by atoms with Crippen molar-refractivity contribution in [2.75, 3.05) is 6.54 Å². The minimum atomic E-state index is -4.44. The molecule has 6 heteroatoms. The van der Waals surface area contributed by atoms with Gasteiger partial charge in [-0.2, -0.15) is 13.2 Å². The van der Waals surface area contributed by atoms with Crippen LogP contribution >= 0.6 is 0 Å². The van der Waals surface area contributed by atoms with E-state index in [2.05, 4.69) is 5.32 Å². The first-order valence-electron chi connectivity index (χ1n) is 8.00. The van der Waals surface area contributed by atoms with Crippen molar-refractivity contribution in [1.29, 1.82) is 0 Å². The number of aliphatic hydroxyl groups excluding tert-OH is 1. The molecule has 0 aliphatic carbocycles. The Morgan fingerprint density at radius 1 is 1.12 bits per heavy atom. The summed E-state index contributed by atoms with van der Waals surface area (Å²) in [5.41, 5.74) is 0.809. The Labute approximate surface area is 144 Å². The lowest BCUT2D eigenvalue weighted by molar-refractivity contribution is -0.137. The highest BCUT2D eigenvalue weighted by Crippen LogP contribution is 2.30. The van der Waals surface area contributed by atoms with Crippen molar-refractivity contribution in [3.05, 3.63) is 70.5 Å². The largest absolute Gasteiger partial charge is 0.416 e. The Bertz CT molecular complexity index is 715. The fraction of sp³-hybridized carbons (Fsp3) is 0.368. The molecule has 0 bridgehead atoms. The molecule has 0 heterocycles. The average Bonchev–Trinajstić information content (AvgIpc) is 2.55. The summed E-state index contributed by atoms with van der Waals surface area (Å²) < 4.78 is 51.7. The average molecular weight is 355 g/mol. The van der Waals surface area contributed by atoms with Crippen LogP contribution in [-0.4, -0.2) is 17.7 Å². The van der Waals surface area contributed by atoms with Gasteiger partial charge in [0, 0.05) is 12.6 Å². The van der Waals surface area contributed by atoms with Crippen LogP contribution in [0.15, 0.2) is 42.5 Å². The van der Waals surface area contributed by atoms with Gasteiger partial charge in [0.25, 0.3) is 0 Å². The zero-order valence-corrected chi connectivity index (χ0v) is 14.1. The molecule has 2 N–H and O–H groups in total. The monoisotopic (exact) mass is 355 g/mol. The Morgan fingerprint density at radius 2 is 1.84 bits per heavy atom. The molecule has 2 aromatic carbocycles. The van der Waals surface area contributed by atoms with Crippen LogP contribution in [0.3, 0.4) is 0 Å². The SMILES string of the molecule is Cc1ccc(CC(C)NCC(O)c2cccc(C(F)(F)F)c2)cc1F. The van der Waals surface area contributed by atoms with Gasteiger partial charge in [-0.3, -0.25) is 0 Å². The van der Waals surface area contributed by atoms with E-state index in [4.69, 9.17) is 0 Å². The Hall–Kier alpha value is -1.92. The number of nitrogens with one attached hydrogen (secondary N) is 1. The quantitative estimate of drug-likeness (QED) is 0.753. The number of alkyl halides is 3. The molecule has 0 amide bonds. The van der Waals surface area contributed by atoms with Crippen LogP contribution in [0.5, 0.6) is 0 Å².